The summed E-state index contributed by atoms with van der Waals surface area (Å²) in [6, 6.07) is 49.8. The van der Waals surface area contributed by atoms with Crippen LogP contribution < -0.4 is 4.40 Å². The first kappa shape index (κ1) is 33.2. The molecule has 0 saturated heterocycles. The van der Waals surface area contributed by atoms with Crippen LogP contribution in [0.5, 0.6) is 0 Å². The number of rotatable bonds is 6. The third-order valence-corrected chi connectivity index (χ3v) is 14.5. The summed E-state index contributed by atoms with van der Waals surface area (Å²) in [4.78, 5) is 9.22. The van der Waals surface area contributed by atoms with Crippen LogP contribution in [0.25, 0.3) is 64.9 Å². The predicted molar refractivity (Wildman–Crippen MR) is 232 cm³/mol. The monoisotopic (exact) mass is 966 g/mol. The maximum Gasteiger partial charge on any atom is 0 e. The third kappa shape index (κ3) is 9.01. The van der Waals surface area contributed by atoms with E-state index in [-0.39, 0.29) is 31.2 Å². The second-order valence-corrected chi connectivity index (χ2v) is 27.0. The Morgan fingerprint density at radius 3 is 2.06 bits per heavy atom. The summed E-state index contributed by atoms with van der Waals surface area (Å²) in [5, 5.41) is 2.21. The minimum absolute atomic E-state index is 0. The van der Waals surface area contributed by atoms with Gasteiger partial charge in [0.15, 0.2) is 0 Å². The van der Waals surface area contributed by atoms with Crippen LogP contribution in [-0.2, 0) is 26.5 Å². The van der Waals surface area contributed by atoms with Crippen molar-refractivity contribution in [3.8, 4) is 44.8 Å². The minimum atomic E-state index is -2.47. The maximum absolute atomic E-state index is 8.84. The summed E-state index contributed by atoms with van der Waals surface area (Å²) in [7, 11) is 0. The molecule has 0 spiro atoms. The number of hydrogen-bond donors (Lipinski definition) is 0. The van der Waals surface area contributed by atoms with Gasteiger partial charge in [0.05, 0.1) is 0 Å². The molecule has 0 aliphatic rings. The Bertz CT molecular complexity index is 2700. The molecule has 3 heterocycles. The molecule has 1 radical (unpaired) electrons. The molecular formula is C49H46GeIrN2S-2. The van der Waals surface area contributed by atoms with Gasteiger partial charge >= 0.3 is 135 Å². The fraction of sp³-hybridized carbons (Fsp3) is 0.184. The summed E-state index contributed by atoms with van der Waals surface area (Å²) < 4.78 is 45.2. The average molecular weight is 965 g/mol. The van der Waals surface area contributed by atoms with Crippen LogP contribution in [-0.4, -0.2) is 23.2 Å². The Balaban J connectivity index is 0.000000218. The molecule has 0 aliphatic carbocycles. The number of thiophene rings is 1. The number of fused-ring (bicyclic) bond motifs is 3. The van der Waals surface area contributed by atoms with E-state index < -0.39 is 31.9 Å². The van der Waals surface area contributed by atoms with Crippen molar-refractivity contribution < 1.29 is 27.0 Å². The molecule has 5 heteroatoms. The molecule has 54 heavy (non-hydrogen) atoms. The molecule has 0 bridgehead atoms. The zero-order valence-electron chi connectivity index (χ0n) is 36.4. The molecule has 2 nitrogen and oxygen atoms in total. The molecule has 8 rings (SSSR count). The van der Waals surface area contributed by atoms with E-state index >= 15 is 0 Å². The van der Waals surface area contributed by atoms with Crippen molar-refractivity contribution in [3.63, 3.8) is 0 Å². The molecule has 0 amide bonds. The molecule has 8 aromatic rings. The van der Waals surface area contributed by atoms with E-state index in [0.717, 1.165) is 48.1 Å². The summed E-state index contributed by atoms with van der Waals surface area (Å²) in [6.07, 6.45) is 1.49. The van der Waals surface area contributed by atoms with E-state index in [1.54, 1.807) is 38.2 Å². The van der Waals surface area contributed by atoms with Crippen LogP contribution in [0.3, 0.4) is 0 Å². The second-order valence-electron chi connectivity index (χ2n) is 15.3. The van der Waals surface area contributed by atoms with Crippen LogP contribution in [0.2, 0.25) is 17.3 Å². The Morgan fingerprint density at radius 1 is 0.685 bits per heavy atom. The largest absolute Gasteiger partial charge is 0 e. The van der Waals surface area contributed by atoms with E-state index in [4.69, 9.17) is 11.8 Å². The van der Waals surface area contributed by atoms with Gasteiger partial charge in [0.1, 0.15) is 0 Å². The Kier molecular flexibility index (Phi) is 10.2. The molecule has 273 valence electrons. The zero-order valence-corrected chi connectivity index (χ0v) is 36.7. The summed E-state index contributed by atoms with van der Waals surface area (Å²) >= 11 is -0.162. The van der Waals surface area contributed by atoms with Gasteiger partial charge in [0.2, 0.25) is 0 Å². The fourth-order valence-corrected chi connectivity index (χ4v) is 9.75. The molecule has 0 unspecified atom stereocenters. The van der Waals surface area contributed by atoms with Crippen LogP contribution in [0.15, 0.2) is 140 Å². The first-order chi connectivity index (χ1) is 27.4. The molecular weight excluding hydrogens is 913 g/mol. The Morgan fingerprint density at radius 2 is 1.39 bits per heavy atom. The van der Waals surface area contributed by atoms with E-state index in [0.29, 0.717) is 5.69 Å². The second kappa shape index (κ2) is 16.7. The van der Waals surface area contributed by atoms with E-state index in [1.165, 1.54) is 21.7 Å². The Hall–Kier alpha value is -4.19. The van der Waals surface area contributed by atoms with Crippen molar-refractivity contribution in [3.05, 3.63) is 163 Å². The topological polar surface area (TPSA) is 25.8 Å². The fourth-order valence-electron chi connectivity index (χ4n) is 6.33. The van der Waals surface area contributed by atoms with Crippen molar-refractivity contribution in [2.75, 3.05) is 0 Å². The van der Waals surface area contributed by atoms with Gasteiger partial charge in [0.25, 0.3) is 0 Å². The maximum atomic E-state index is 8.84. The third-order valence-electron chi connectivity index (χ3n) is 9.04. The summed E-state index contributed by atoms with van der Waals surface area (Å²) in [5.41, 5.74) is 7.29. The SMILES string of the molecule is [2H]C([2H])([2H])c1cnc(-c2[c-]ccc3c2sc2cc(-c4ccccc4)ccc23)cc1C([2H])([2H])C(C)(C)C.[CH3][Ge]([CH3])([CH3])[c]1ccc(-c2[c-]cccc2-c2ccccc2)nc1.[Ir]. The zero-order chi connectivity index (χ0) is 41.5. The molecule has 0 saturated carbocycles. The van der Waals surface area contributed by atoms with Gasteiger partial charge in [0, 0.05) is 37.9 Å². The van der Waals surface area contributed by atoms with Crippen molar-refractivity contribution in [1.29, 1.82) is 0 Å². The van der Waals surface area contributed by atoms with Gasteiger partial charge in [-0.1, -0.05) is 80.3 Å². The number of hydrogen-bond acceptors (Lipinski definition) is 3. The molecule has 0 N–H and O–H groups in total. The number of aromatic nitrogens is 2. The van der Waals surface area contributed by atoms with Gasteiger partial charge in [-0.3, -0.25) is 0 Å². The van der Waals surface area contributed by atoms with Crippen LogP contribution in [0.1, 0.15) is 38.8 Å². The van der Waals surface area contributed by atoms with E-state index in [9.17, 15) is 0 Å². The number of benzene rings is 5. The van der Waals surface area contributed by atoms with E-state index in [2.05, 4.69) is 113 Å². The summed E-state index contributed by atoms with van der Waals surface area (Å²) in [6.45, 7) is 2.86. The first-order valence-electron chi connectivity index (χ1n) is 20.4. The van der Waals surface area contributed by atoms with Gasteiger partial charge in [-0.25, -0.2) is 0 Å². The van der Waals surface area contributed by atoms with Crippen LogP contribution in [0.4, 0.5) is 0 Å². The predicted octanol–water partition coefficient (Wildman–Crippen LogP) is 13.2. The Labute approximate surface area is 348 Å². The van der Waals surface area contributed by atoms with Crippen LogP contribution >= 0.6 is 11.3 Å². The number of aryl methyl sites for hydroxylation is 1. The van der Waals surface area contributed by atoms with Crippen molar-refractivity contribution in [2.24, 2.45) is 5.41 Å². The van der Waals surface area contributed by atoms with Gasteiger partial charge < -0.3 is 4.98 Å². The first-order valence-corrected chi connectivity index (χ1v) is 26.1. The molecule has 5 aromatic carbocycles. The summed E-state index contributed by atoms with van der Waals surface area (Å²) in [5.74, 6) is 7.17. The van der Waals surface area contributed by atoms with Gasteiger partial charge in [-0.05, 0) is 57.2 Å². The quantitative estimate of drug-likeness (QED) is 0.123. The average Bonchev–Trinajstić information content (AvgIpc) is 3.59. The molecule has 0 aliphatic heterocycles. The number of nitrogens with zero attached hydrogens (tertiary/aromatic N) is 2. The van der Waals surface area contributed by atoms with Gasteiger partial charge in [-0.2, -0.15) is 11.3 Å². The molecule has 0 fully saturated rings. The van der Waals surface area contributed by atoms with Crippen molar-refractivity contribution >= 4 is 49.2 Å². The smallest absolute Gasteiger partial charge is 0 e. The van der Waals surface area contributed by atoms with E-state index in [1.807, 2.05) is 48.5 Å². The normalized spacial score (nSPS) is 13.4. The van der Waals surface area contributed by atoms with Crippen molar-refractivity contribution in [1.82, 2.24) is 9.97 Å². The standard InChI is InChI=1S/C29H26NS.C20H20GeN.Ir/c1-19-18-30-26(15-22(19)17-29(2,3)4)25-12-8-11-24-23-14-13-21(16-27(23)31-28(24)25)20-9-6-5-7-10-20;1-21(2,3)17-13-14-20(22-15-17)19-12-8-7-11-18(19)16-9-5-4-6-10-16;/h5-11,13-16,18H,17H2,1-4H3;4-11,13-15H,1-3H3;/q2*-1;/i1D3,17D2;;. The van der Waals surface area contributed by atoms with Crippen LogP contribution in [0, 0.1) is 24.4 Å². The van der Waals surface area contributed by atoms with Crippen molar-refractivity contribution in [2.45, 2.75) is 51.3 Å². The number of pyridine rings is 2. The molecule has 3 aromatic heterocycles. The minimum Gasteiger partial charge on any atom is 0 e. The molecule has 0 atom stereocenters. The van der Waals surface area contributed by atoms with Gasteiger partial charge in [-0.15, -0.1) is 23.8 Å².